The maximum absolute atomic E-state index is 12.2. The summed E-state index contributed by atoms with van der Waals surface area (Å²) in [6, 6.07) is 13.4. The predicted molar refractivity (Wildman–Crippen MR) is 101 cm³/mol. The molecule has 1 heterocycles. The van der Waals surface area contributed by atoms with Crippen LogP contribution >= 0.6 is 27.5 Å². The molecule has 0 unspecified atom stereocenters. The van der Waals surface area contributed by atoms with E-state index in [1.807, 2.05) is 54.0 Å². The summed E-state index contributed by atoms with van der Waals surface area (Å²) in [6.45, 7) is 2.92. The second kappa shape index (κ2) is 7.36. The summed E-state index contributed by atoms with van der Waals surface area (Å²) in [7, 11) is 0. The molecule has 0 atom stereocenters. The van der Waals surface area contributed by atoms with E-state index < -0.39 is 0 Å². The second-order valence-corrected chi connectivity index (χ2v) is 6.87. The Morgan fingerprint density at radius 3 is 2.88 bits per heavy atom. The topological polar surface area (TPSA) is 46.9 Å². The van der Waals surface area contributed by atoms with E-state index in [-0.39, 0.29) is 12.5 Å². The third-order valence-electron chi connectivity index (χ3n) is 3.67. The lowest BCUT2D eigenvalue weighted by atomic mass is 10.2. The van der Waals surface area contributed by atoms with Gasteiger partial charge in [-0.15, -0.1) is 0 Å². The van der Waals surface area contributed by atoms with E-state index in [4.69, 9.17) is 16.6 Å². The summed E-state index contributed by atoms with van der Waals surface area (Å²) < 4.78 is 2.88. The highest BCUT2D eigenvalue weighted by Crippen LogP contribution is 2.28. The predicted octanol–water partition coefficient (Wildman–Crippen LogP) is 4.65. The molecule has 3 aromatic rings. The van der Waals surface area contributed by atoms with Crippen LogP contribution in [-0.4, -0.2) is 22.0 Å². The molecule has 24 heavy (non-hydrogen) atoms. The fourth-order valence-corrected chi connectivity index (χ4v) is 3.11. The molecule has 0 saturated heterocycles. The average Bonchev–Trinajstić information content (AvgIpc) is 2.90. The molecular formula is C18H17BrClN3O. The van der Waals surface area contributed by atoms with Crippen LogP contribution in [0.4, 0.5) is 0 Å². The summed E-state index contributed by atoms with van der Waals surface area (Å²) in [4.78, 5) is 16.9. The lowest BCUT2D eigenvalue weighted by Gasteiger charge is -2.10. The first-order chi connectivity index (χ1) is 11.6. The largest absolute Gasteiger partial charge is 0.355 e. The first kappa shape index (κ1) is 17.0. The van der Waals surface area contributed by atoms with Gasteiger partial charge in [0.15, 0.2) is 0 Å². The summed E-state index contributed by atoms with van der Waals surface area (Å²) in [5.41, 5.74) is 2.64. The van der Waals surface area contributed by atoms with Crippen LogP contribution in [0.2, 0.25) is 5.02 Å². The van der Waals surface area contributed by atoms with Crippen LogP contribution in [0.15, 0.2) is 46.9 Å². The van der Waals surface area contributed by atoms with Crippen molar-refractivity contribution in [3.8, 4) is 11.4 Å². The van der Waals surface area contributed by atoms with Gasteiger partial charge in [-0.05, 0) is 36.8 Å². The van der Waals surface area contributed by atoms with Gasteiger partial charge in [-0.25, -0.2) is 4.98 Å². The van der Waals surface area contributed by atoms with Gasteiger partial charge in [-0.1, -0.05) is 46.6 Å². The minimum atomic E-state index is -0.0256. The lowest BCUT2D eigenvalue weighted by molar-refractivity contribution is -0.121. The van der Waals surface area contributed by atoms with Gasteiger partial charge in [0.2, 0.25) is 5.91 Å². The molecule has 0 spiro atoms. The number of rotatable bonds is 5. The number of aromatic nitrogens is 2. The number of amides is 1. The van der Waals surface area contributed by atoms with Gasteiger partial charge in [0.05, 0.1) is 11.0 Å². The van der Waals surface area contributed by atoms with Crippen molar-refractivity contribution in [3.63, 3.8) is 0 Å². The van der Waals surface area contributed by atoms with Crippen LogP contribution in [-0.2, 0) is 11.3 Å². The molecule has 0 aliphatic carbocycles. The van der Waals surface area contributed by atoms with Crippen molar-refractivity contribution in [1.82, 2.24) is 14.9 Å². The van der Waals surface area contributed by atoms with E-state index in [0.29, 0.717) is 11.6 Å². The minimum absolute atomic E-state index is 0.0256. The summed E-state index contributed by atoms with van der Waals surface area (Å²) >= 11 is 9.59. The molecule has 124 valence electrons. The van der Waals surface area contributed by atoms with Crippen LogP contribution in [0, 0.1) is 0 Å². The van der Waals surface area contributed by atoms with Crippen molar-refractivity contribution in [2.45, 2.75) is 19.9 Å². The van der Waals surface area contributed by atoms with Crippen LogP contribution in [0.3, 0.4) is 0 Å². The van der Waals surface area contributed by atoms with Crippen molar-refractivity contribution < 1.29 is 4.79 Å². The standard InChI is InChI=1S/C18H17BrClN3O/c1-2-8-21-17(24)11-23-16-7-6-13(19)10-15(16)22-18(23)12-4-3-5-14(20)9-12/h3-7,9-10H,2,8,11H2,1H3,(H,21,24). The van der Waals surface area contributed by atoms with Crippen molar-refractivity contribution >= 4 is 44.5 Å². The molecule has 0 aliphatic heterocycles. The van der Waals surface area contributed by atoms with Crippen molar-refractivity contribution in [2.75, 3.05) is 6.54 Å². The molecule has 0 fully saturated rings. The number of hydrogen-bond acceptors (Lipinski definition) is 2. The second-order valence-electron chi connectivity index (χ2n) is 5.51. The van der Waals surface area contributed by atoms with Gasteiger partial charge in [-0.2, -0.15) is 0 Å². The molecule has 4 nitrogen and oxygen atoms in total. The van der Waals surface area contributed by atoms with E-state index in [0.717, 1.165) is 33.3 Å². The molecule has 1 N–H and O–H groups in total. The number of carbonyl (C=O) groups excluding carboxylic acids is 1. The Morgan fingerprint density at radius 1 is 1.29 bits per heavy atom. The zero-order valence-electron chi connectivity index (χ0n) is 13.2. The van der Waals surface area contributed by atoms with Gasteiger partial charge in [0.25, 0.3) is 0 Å². The Balaban J connectivity index is 2.09. The van der Waals surface area contributed by atoms with E-state index in [1.165, 1.54) is 0 Å². The lowest BCUT2D eigenvalue weighted by Crippen LogP contribution is -2.28. The molecule has 1 amide bonds. The zero-order chi connectivity index (χ0) is 17.1. The fraction of sp³-hybridized carbons (Fsp3) is 0.222. The fourth-order valence-electron chi connectivity index (χ4n) is 2.57. The Morgan fingerprint density at radius 2 is 2.12 bits per heavy atom. The first-order valence-corrected chi connectivity index (χ1v) is 8.94. The number of benzene rings is 2. The highest BCUT2D eigenvalue weighted by atomic mass is 79.9. The number of fused-ring (bicyclic) bond motifs is 1. The number of hydrogen-bond donors (Lipinski definition) is 1. The molecule has 3 rings (SSSR count). The molecule has 6 heteroatoms. The van der Waals surface area contributed by atoms with E-state index in [9.17, 15) is 4.79 Å². The maximum atomic E-state index is 12.2. The Labute approximate surface area is 154 Å². The summed E-state index contributed by atoms with van der Waals surface area (Å²) in [5.74, 6) is 0.708. The Bertz CT molecular complexity index is 891. The van der Waals surface area contributed by atoms with Crippen LogP contribution in [0.25, 0.3) is 22.4 Å². The van der Waals surface area contributed by atoms with Gasteiger partial charge in [-0.3, -0.25) is 4.79 Å². The zero-order valence-corrected chi connectivity index (χ0v) is 15.6. The van der Waals surface area contributed by atoms with Crippen LogP contribution < -0.4 is 5.32 Å². The number of nitrogens with one attached hydrogen (secondary N) is 1. The monoisotopic (exact) mass is 405 g/mol. The first-order valence-electron chi connectivity index (χ1n) is 7.77. The number of nitrogens with zero attached hydrogens (tertiary/aromatic N) is 2. The summed E-state index contributed by atoms with van der Waals surface area (Å²) in [6.07, 6.45) is 0.907. The van der Waals surface area contributed by atoms with Gasteiger partial charge in [0.1, 0.15) is 12.4 Å². The summed E-state index contributed by atoms with van der Waals surface area (Å²) in [5, 5.41) is 3.56. The number of carbonyl (C=O) groups is 1. The molecule has 1 aromatic heterocycles. The van der Waals surface area contributed by atoms with Crippen molar-refractivity contribution in [2.24, 2.45) is 0 Å². The highest BCUT2D eigenvalue weighted by molar-refractivity contribution is 9.10. The molecular weight excluding hydrogens is 390 g/mol. The van der Waals surface area contributed by atoms with E-state index >= 15 is 0 Å². The molecule has 0 bridgehead atoms. The normalized spacial score (nSPS) is 11.0. The van der Waals surface area contributed by atoms with E-state index in [2.05, 4.69) is 21.2 Å². The third kappa shape index (κ3) is 3.62. The molecule has 0 saturated carbocycles. The Hall–Kier alpha value is -1.85. The SMILES string of the molecule is CCCNC(=O)Cn1c(-c2cccc(Cl)c2)nc2cc(Br)ccc21. The number of halogens is 2. The maximum Gasteiger partial charge on any atom is 0.240 e. The number of imidazole rings is 1. The van der Waals surface area contributed by atoms with Gasteiger partial charge >= 0.3 is 0 Å². The van der Waals surface area contributed by atoms with Gasteiger partial charge < -0.3 is 9.88 Å². The smallest absolute Gasteiger partial charge is 0.240 e. The van der Waals surface area contributed by atoms with Crippen LogP contribution in [0.5, 0.6) is 0 Å². The third-order valence-corrected chi connectivity index (χ3v) is 4.40. The molecule has 0 radical (unpaired) electrons. The van der Waals surface area contributed by atoms with Crippen LogP contribution in [0.1, 0.15) is 13.3 Å². The van der Waals surface area contributed by atoms with Crippen molar-refractivity contribution in [3.05, 3.63) is 52.0 Å². The van der Waals surface area contributed by atoms with Crippen molar-refractivity contribution in [1.29, 1.82) is 0 Å². The highest BCUT2D eigenvalue weighted by Gasteiger charge is 2.15. The minimum Gasteiger partial charge on any atom is -0.355 e. The molecule has 2 aromatic carbocycles. The van der Waals surface area contributed by atoms with Gasteiger partial charge in [0, 0.05) is 21.6 Å². The average molecular weight is 407 g/mol. The Kier molecular flexibility index (Phi) is 5.21. The van der Waals surface area contributed by atoms with E-state index in [1.54, 1.807) is 0 Å². The quantitative estimate of drug-likeness (QED) is 0.670. The molecule has 0 aliphatic rings.